The Hall–Kier alpha value is -2.67. The van der Waals surface area contributed by atoms with E-state index in [1.54, 1.807) is 13.3 Å². The lowest BCUT2D eigenvalue weighted by molar-refractivity contribution is 0.0702. The molecule has 1 saturated heterocycles. The van der Waals surface area contributed by atoms with Crippen LogP contribution >= 0.6 is 11.3 Å². The van der Waals surface area contributed by atoms with Crippen LogP contribution in [0.5, 0.6) is 5.75 Å². The van der Waals surface area contributed by atoms with E-state index in [1.807, 2.05) is 43.0 Å². The molecule has 0 radical (unpaired) electrons. The van der Waals surface area contributed by atoms with E-state index >= 15 is 0 Å². The van der Waals surface area contributed by atoms with Crippen LogP contribution < -0.4 is 4.74 Å². The number of likely N-dealkylation sites (tertiary alicyclic amines) is 1. The number of hydrogen-bond donors (Lipinski definition) is 0. The fourth-order valence-corrected chi connectivity index (χ4v) is 4.66. The van der Waals surface area contributed by atoms with Crippen LogP contribution in [-0.2, 0) is 6.42 Å². The third-order valence-corrected chi connectivity index (χ3v) is 6.33. The summed E-state index contributed by atoms with van der Waals surface area (Å²) in [4.78, 5) is 24.5. The average molecular weight is 412 g/mol. The molecule has 0 bridgehead atoms. The summed E-state index contributed by atoms with van der Waals surface area (Å²) in [5.41, 5.74) is 1.96. The fourth-order valence-electron chi connectivity index (χ4n) is 3.77. The molecule has 0 N–H and O–H groups in total. The molecule has 29 heavy (non-hydrogen) atoms. The summed E-state index contributed by atoms with van der Waals surface area (Å²) in [6.45, 7) is 5.24. The van der Waals surface area contributed by atoms with Gasteiger partial charge in [0.15, 0.2) is 5.89 Å². The molecule has 1 amide bonds. The lowest BCUT2D eigenvalue weighted by atomic mass is 9.98. The second-order valence-electron chi connectivity index (χ2n) is 7.43. The number of carbonyl (C=O) groups is 1. The quantitative estimate of drug-likeness (QED) is 0.624. The summed E-state index contributed by atoms with van der Waals surface area (Å²) in [7, 11) is 1.66. The number of hydrogen-bond acceptors (Lipinski definition) is 6. The van der Waals surface area contributed by atoms with E-state index in [2.05, 4.69) is 9.97 Å². The van der Waals surface area contributed by atoms with Gasteiger partial charge >= 0.3 is 0 Å². The molecular weight excluding hydrogens is 386 g/mol. The maximum absolute atomic E-state index is 12.9. The molecule has 7 heteroatoms. The zero-order chi connectivity index (χ0) is 20.4. The van der Waals surface area contributed by atoms with E-state index in [9.17, 15) is 4.79 Å². The Bertz CT molecular complexity index is 993. The Morgan fingerprint density at radius 2 is 2.10 bits per heavy atom. The van der Waals surface area contributed by atoms with E-state index in [0.29, 0.717) is 13.0 Å². The first-order valence-corrected chi connectivity index (χ1v) is 10.7. The normalized spacial score (nSPS) is 16.8. The van der Waals surface area contributed by atoms with Crippen molar-refractivity contribution >= 4 is 17.2 Å². The lowest BCUT2D eigenvalue weighted by Gasteiger charge is -2.31. The number of oxazole rings is 1. The summed E-state index contributed by atoms with van der Waals surface area (Å²) in [6.07, 6.45) is 4.42. The number of thiazole rings is 1. The Balaban J connectivity index is 1.43. The molecule has 1 aliphatic rings. The highest BCUT2D eigenvalue weighted by Gasteiger charge is 2.30. The van der Waals surface area contributed by atoms with E-state index in [-0.39, 0.29) is 11.8 Å². The number of benzene rings is 1. The predicted octanol–water partition coefficient (Wildman–Crippen LogP) is 4.37. The molecule has 1 fully saturated rings. The van der Waals surface area contributed by atoms with E-state index in [0.717, 1.165) is 57.9 Å². The number of aryl methyl sites for hydroxylation is 2. The first kappa shape index (κ1) is 19.6. The molecule has 0 unspecified atom stereocenters. The molecule has 2 aromatic heterocycles. The van der Waals surface area contributed by atoms with Gasteiger partial charge in [0.25, 0.3) is 5.91 Å². The highest BCUT2D eigenvalue weighted by atomic mass is 32.1. The fraction of sp³-hybridized carbons (Fsp3) is 0.409. The first-order chi connectivity index (χ1) is 14.0. The van der Waals surface area contributed by atoms with Gasteiger partial charge in [-0.05, 0) is 44.4 Å². The SMILES string of the molecule is COc1ccc(Cc2cnc([C@@H]3CCCN(C(=O)c4sc(C)nc4C)C3)o2)cc1. The van der Waals surface area contributed by atoms with Crippen molar-refractivity contribution in [1.82, 2.24) is 14.9 Å². The summed E-state index contributed by atoms with van der Waals surface area (Å²) >= 11 is 1.47. The van der Waals surface area contributed by atoms with Crippen LogP contribution in [0.1, 0.15) is 56.3 Å². The molecule has 1 aliphatic heterocycles. The summed E-state index contributed by atoms with van der Waals surface area (Å²) in [6, 6.07) is 7.95. The van der Waals surface area contributed by atoms with Crippen LogP contribution in [-0.4, -0.2) is 41.0 Å². The van der Waals surface area contributed by atoms with Gasteiger partial charge in [-0.15, -0.1) is 11.3 Å². The highest BCUT2D eigenvalue weighted by molar-refractivity contribution is 7.13. The van der Waals surface area contributed by atoms with Crippen LogP contribution in [0.2, 0.25) is 0 Å². The topological polar surface area (TPSA) is 68.5 Å². The Morgan fingerprint density at radius 3 is 2.79 bits per heavy atom. The monoisotopic (exact) mass is 411 g/mol. The van der Waals surface area contributed by atoms with Gasteiger partial charge in [-0.2, -0.15) is 0 Å². The minimum absolute atomic E-state index is 0.0720. The zero-order valence-electron chi connectivity index (χ0n) is 17.0. The summed E-state index contributed by atoms with van der Waals surface area (Å²) in [5.74, 6) is 2.60. The number of nitrogens with zero attached hydrogens (tertiary/aromatic N) is 3. The number of ether oxygens (including phenoxy) is 1. The zero-order valence-corrected chi connectivity index (χ0v) is 17.8. The molecule has 0 spiro atoms. The first-order valence-electron chi connectivity index (χ1n) is 9.84. The standard InChI is InChI=1S/C22H25N3O3S/c1-14-20(29-15(2)24-14)22(26)25-10-4-5-17(13-25)21-23-12-19(28-21)11-16-6-8-18(27-3)9-7-16/h6-9,12,17H,4-5,10-11,13H2,1-3H3/t17-/m1/s1. The maximum atomic E-state index is 12.9. The van der Waals surface area contributed by atoms with Crippen molar-refractivity contribution in [1.29, 1.82) is 0 Å². The molecule has 3 heterocycles. The van der Waals surface area contributed by atoms with Gasteiger partial charge in [-0.25, -0.2) is 9.97 Å². The number of carbonyl (C=O) groups excluding carboxylic acids is 1. The van der Waals surface area contributed by atoms with Gasteiger partial charge in [0, 0.05) is 19.5 Å². The number of aromatic nitrogens is 2. The van der Waals surface area contributed by atoms with Crippen LogP contribution in [0.25, 0.3) is 0 Å². The molecule has 3 aromatic rings. The largest absolute Gasteiger partial charge is 0.497 e. The number of piperidine rings is 1. The maximum Gasteiger partial charge on any atom is 0.265 e. The summed E-state index contributed by atoms with van der Waals surface area (Å²) < 4.78 is 11.3. The molecule has 152 valence electrons. The molecule has 6 nitrogen and oxygen atoms in total. The van der Waals surface area contributed by atoms with Crippen molar-refractivity contribution in [3.63, 3.8) is 0 Å². The van der Waals surface area contributed by atoms with Gasteiger partial charge in [-0.3, -0.25) is 4.79 Å². The molecule has 0 aliphatic carbocycles. The Labute approximate surface area is 174 Å². The van der Waals surface area contributed by atoms with Crippen LogP contribution in [0, 0.1) is 13.8 Å². The second-order valence-corrected chi connectivity index (χ2v) is 8.63. The second kappa shape index (κ2) is 8.37. The smallest absolute Gasteiger partial charge is 0.265 e. The summed E-state index contributed by atoms with van der Waals surface area (Å²) in [5, 5.41) is 0.926. The van der Waals surface area contributed by atoms with Crippen molar-refractivity contribution in [3.05, 3.63) is 63.3 Å². The molecule has 4 rings (SSSR count). The van der Waals surface area contributed by atoms with Crippen molar-refractivity contribution < 1.29 is 13.9 Å². The van der Waals surface area contributed by atoms with Crippen molar-refractivity contribution in [2.24, 2.45) is 0 Å². The van der Waals surface area contributed by atoms with Crippen LogP contribution in [0.4, 0.5) is 0 Å². The molecular formula is C22H25N3O3S. The lowest BCUT2D eigenvalue weighted by Crippen LogP contribution is -2.39. The van der Waals surface area contributed by atoms with Crippen molar-refractivity contribution in [2.45, 2.75) is 39.0 Å². The minimum atomic E-state index is 0.0720. The van der Waals surface area contributed by atoms with Gasteiger partial charge < -0.3 is 14.1 Å². The number of amides is 1. The number of rotatable bonds is 5. The van der Waals surface area contributed by atoms with Crippen molar-refractivity contribution in [3.8, 4) is 5.75 Å². The molecule has 0 saturated carbocycles. The molecule has 1 aromatic carbocycles. The minimum Gasteiger partial charge on any atom is -0.497 e. The van der Waals surface area contributed by atoms with Crippen LogP contribution in [0.15, 0.2) is 34.9 Å². The average Bonchev–Trinajstić information content (AvgIpc) is 3.34. The number of methoxy groups -OCH3 is 1. The van der Waals surface area contributed by atoms with Gasteiger partial charge in [0.05, 0.1) is 29.9 Å². The third kappa shape index (κ3) is 4.34. The highest BCUT2D eigenvalue weighted by Crippen LogP contribution is 2.29. The van der Waals surface area contributed by atoms with Crippen LogP contribution in [0.3, 0.4) is 0 Å². The Morgan fingerprint density at radius 1 is 1.31 bits per heavy atom. The predicted molar refractivity (Wildman–Crippen MR) is 112 cm³/mol. The Kier molecular flexibility index (Phi) is 5.67. The van der Waals surface area contributed by atoms with Gasteiger partial charge in [0.2, 0.25) is 0 Å². The van der Waals surface area contributed by atoms with E-state index in [1.165, 1.54) is 11.3 Å². The van der Waals surface area contributed by atoms with Gasteiger partial charge in [0.1, 0.15) is 16.4 Å². The third-order valence-electron chi connectivity index (χ3n) is 5.26. The van der Waals surface area contributed by atoms with E-state index < -0.39 is 0 Å². The van der Waals surface area contributed by atoms with E-state index in [4.69, 9.17) is 9.15 Å². The molecule has 1 atom stereocenters. The van der Waals surface area contributed by atoms with Crippen molar-refractivity contribution in [2.75, 3.05) is 20.2 Å². The van der Waals surface area contributed by atoms with Gasteiger partial charge in [-0.1, -0.05) is 12.1 Å².